The largest absolute Gasteiger partial charge is 0.417 e. The van der Waals surface area contributed by atoms with Crippen LogP contribution >= 0.6 is 0 Å². The molecule has 44 heavy (non-hydrogen) atoms. The molecule has 3 aromatic heterocycles. The maximum absolute atomic E-state index is 15.2. The van der Waals surface area contributed by atoms with Gasteiger partial charge in [-0.1, -0.05) is 26.8 Å². The lowest BCUT2D eigenvalue weighted by atomic mass is 9.86. The Labute approximate surface area is 246 Å². The van der Waals surface area contributed by atoms with Gasteiger partial charge in [0, 0.05) is 17.1 Å². The monoisotopic (exact) mass is 611 g/mol. The number of primary amides is 1. The maximum Gasteiger partial charge on any atom is 0.417 e. The summed E-state index contributed by atoms with van der Waals surface area (Å²) in [5, 5.41) is 21.7. The van der Waals surface area contributed by atoms with Crippen molar-refractivity contribution in [2.24, 2.45) is 5.73 Å². The van der Waals surface area contributed by atoms with Gasteiger partial charge in [0.15, 0.2) is 11.6 Å². The topological polar surface area (TPSA) is 150 Å². The fraction of sp³-hybridized carbons (Fsp3) is 0.207. The number of alkyl halides is 3. The van der Waals surface area contributed by atoms with Gasteiger partial charge in [0.1, 0.15) is 11.6 Å². The van der Waals surface area contributed by atoms with Crippen LogP contribution < -0.4 is 21.3 Å². The van der Waals surface area contributed by atoms with Crippen LogP contribution in [0, 0.1) is 5.82 Å². The molecule has 0 fully saturated rings. The number of carbonyl (C=O) groups excluding carboxylic acids is 1. The van der Waals surface area contributed by atoms with E-state index in [2.05, 4.69) is 20.5 Å². The van der Waals surface area contributed by atoms with Crippen LogP contribution in [0.5, 0.6) is 5.75 Å². The smallest absolute Gasteiger partial charge is 0.405 e. The quantitative estimate of drug-likeness (QED) is 0.224. The number of halogens is 4. The number of rotatable bonds is 6. The second kappa shape index (κ2) is 11.1. The molecule has 3 heterocycles. The van der Waals surface area contributed by atoms with Gasteiger partial charge in [-0.15, -0.1) is 5.10 Å². The van der Waals surface area contributed by atoms with E-state index < -0.39 is 35.8 Å². The van der Waals surface area contributed by atoms with Crippen molar-refractivity contribution in [2.45, 2.75) is 39.0 Å². The number of nitrogens with two attached hydrogens (primary N) is 1. The molecule has 0 radical (unpaired) electrons. The molecular weight excluding hydrogens is 586 g/mol. The van der Waals surface area contributed by atoms with E-state index in [1.54, 1.807) is 6.07 Å². The van der Waals surface area contributed by atoms with Crippen LogP contribution in [0.25, 0.3) is 22.1 Å². The van der Waals surface area contributed by atoms with Crippen LogP contribution in [0.4, 0.5) is 34.0 Å². The van der Waals surface area contributed by atoms with Crippen LogP contribution in [-0.4, -0.2) is 35.7 Å². The standard InChI is InChI=1S/C29H25F4N7O4/c1-28(2,3)17-9-15-11-36-40(26(42)24(15)19(30)10-17)21-6-4-5-20(18(21)14-41)39-13-22(44-27(34)43)25(38-39)37-23-8-7-16(12-35-23)29(31,32)33/h4-13,41H,14H2,1-3H3,(H2,34,43)(H,35,37,38). The van der Waals surface area contributed by atoms with E-state index in [0.29, 0.717) is 17.1 Å². The van der Waals surface area contributed by atoms with Gasteiger partial charge in [0.05, 0.1) is 41.3 Å². The molecule has 1 amide bonds. The highest BCUT2D eigenvalue weighted by Crippen LogP contribution is 2.32. The van der Waals surface area contributed by atoms with Crippen LogP contribution in [0.3, 0.4) is 0 Å². The van der Waals surface area contributed by atoms with Crippen LogP contribution in [0.2, 0.25) is 0 Å². The zero-order valence-corrected chi connectivity index (χ0v) is 23.5. The summed E-state index contributed by atoms with van der Waals surface area (Å²) in [7, 11) is 0. The average Bonchev–Trinajstić information content (AvgIpc) is 3.32. The highest BCUT2D eigenvalue weighted by atomic mass is 19.4. The number of aliphatic hydroxyl groups is 1. The van der Waals surface area contributed by atoms with Crippen LogP contribution in [0.1, 0.15) is 37.5 Å². The number of hydrogen-bond acceptors (Lipinski definition) is 8. The van der Waals surface area contributed by atoms with Crippen molar-refractivity contribution in [1.82, 2.24) is 24.5 Å². The van der Waals surface area contributed by atoms with Crippen molar-refractivity contribution in [3.05, 3.63) is 93.9 Å². The summed E-state index contributed by atoms with van der Waals surface area (Å²) in [5.41, 5.74) is 4.21. The molecule has 11 nitrogen and oxygen atoms in total. The lowest BCUT2D eigenvalue weighted by Crippen LogP contribution is -2.24. The summed E-state index contributed by atoms with van der Waals surface area (Å²) in [6, 6.07) is 9.41. The molecule has 0 aliphatic heterocycles. The Morgan fingerprint density at radius 1 is 1.07 bits per heavy atom. The Morgan fingerprint density at radius 3 is 2.41 bits per heavy atom. The molecule has 0 saturated carbocycles. The lowest BCUT2D eigenvalue weighted by molar-refractivity contribution is -0.137. The molecule has 0 atom stereocenters. The number of fused-ring (bicyclic) bond motifs is 1. The number of ether oxygens (including phenoxy) is 1. The Hall–Kier alpha value is -5.31. The number of anilines is 2. The SMILES string of the molecule is CC(C)(C)c1cc(F)c2c(=O)n(-c3cccc(-n4cc(OC(N)=O)c(Nc5ccc(C(F)(F)F)cn5)n4)c3CO)ncc2c1. The third kappa shape index (κ3) is 5.81. The van der Waals surface area contributed by atoms with E-state index in [4.69, 9.17) is 10.5 Å². The van der Waals surface area contributed by atoms with Gasteiger partial charge < -0.3 is 20.9 Å². The molecule has 0 unspecified atom stereocenters. The van der Waals surface area contributed by atoms with Crippen molar-refractivity contribution in [3.8, 4) is 17.1 Å². The molecule has 5 rings (SSSR count). The van der Waals surface area contributed by atoms with E-state index in [1.807, 2.05) is 20.8 Å². The first kappa shape index (κ1) is 30.2. The number of carbonyl (C=O) groups is 1. The summed E-state index contributed by atoms with van der Waals surface area (Å²) >= 11 is 0. The van der Waals surface area contributed by atoms with Gasteiger partial charge in [-0.3, -0.25) is 4.79 Å². The number of hydrogen-bond donors (Lipinski definition) is 3. The second-order valence-corrected chi connectivity index (χ2v) is 10.7. The minimum Gasteiger partial charge on any atom is -0.405 e. The number of nitrogens with zero attached hydrogens (tertiary/aromatic N) is 5. The maximum atomic E-state index is 15.2. The van der Waals surface area contributed by atoms with Gasteiger partial charge in [-0.25, -0.2) is 18.9 Å². The van der Waals surface area contributed by atoms with E-state index in [-0.39, 0.29) is 45.1 Å². The zero-order valence-electron chi connectivity index (χ0n) is 23.5. The normalized spacial score (nSPS) is 12.0. The molecule has 2 aromatic carbocycles. The van der Waals surface area contributed by atoms with Crippen LogP contribution in [0.15, 0.2) is 65.8 Å². The van der Waals surface area contributed by atoms with Gasteiger partial charge in [0.25, 0.3) is 5.56 Å². The van der Waals surface area contributed by atoms with Crippen molar-refractivity contribution >= 4 is 28.5 Å². The zero-order chi connectivity index (χ0) is 32.0. The Morgan fingerprint density at radius 2 is 1.80 bits per heavy atom. The minimum atomic E-state index is -4.60. The number of pyridine rings is 1. The predicted molar refractivity (Wildman–Crippen MR) is 152 cm³/mol. The molecule has 0 spiro atoms. The Kier molecular flexibility index (Phi) is 7.59. The first-order chi connectivity index (χ1) is 20.7. The third-order valence-electron chi connectivity index (χ3n) is 6.69. The fourth-order valence-electron chi connectivity index (χ4n) is 4.48. The van der Waals surface area contributed by atoms with Gasteiger partial charge >= 0.3 is 12.3 Å². The summed E-state index contributed by atoms with van der Waals surface area (Å²) in [4.78, 5) is 28.8. The molecule has 228 valence electrons. The summed E-state index contributed by atoms with van der Waals surface area (Å²) in [5.74, 6) is -1.14. The second-order valence-electron chi connectivity index (χ2n) is 10.7. The van der Waals surface area contributed by atoms with E-state index in [1.165, 1.54) is 41.3 Å². The predicted octanol–water partition coefficient (Wildman–Crippen LogP) is 5.12. The number of nitrogens with one attached hydrogen (secondary N) is 1. The van der Waals surface area contributed by atoms with Crippen LogP contribution in [-0.2, 0) is 18.2 Å². The number of aromatic nitrogens is 5. The van der Waals surface area contributed by atoms with Gasteiger partial charge in [-0.2, -0.15) is 23.0 Å². The molecule has 4 N–H and O–H groups in total. The Bertz CT molecular complexity index is 1950. The number of aliphatic hydroxyl groups excluding tert-OH is 1. The highest BCUT2D eigenvalue weighted by molar-refractivity contribution is 5.82. The van der Waals surface area contributed by atoms with Crippen molar-refractivity contribution in [2.75, 3.05) is 5.32 Å². The summed E-state index contributed by atoms with van der Waals surface area (Å²) in [6.45, 7) is 5.12. The van der Waals surface area contributed by atoms with Gasteiger partial charge in [0.2, 0.25) is 0 Å². The molecule has 0 saturated heterocycles. The Balaban J connectivity index is 1.59. The van der Waals surface area contributed by atoms with E-state index in [9.17, 15) is 27.9 Å². The van der Waals surface area contributed by atoms with E-state index >= 15 is 4.39 Å². The highest BCUT2D eigenvalue weighted by Gasteiger charge is 2.31. The molecule has 5 aromatic rings. The molecule has 0 aliphatic carbocycles. The lowest BCUT2D eigenvalue weighted by Gasteiger charge is -2.20. The molecule has 15 heteroatoms. The van der Waals surface area contributed by atoms with E-state index in [0.717, 1.165) is 16.8 Å². The minimum absolute atomic E-state index is 0.0581. The first-order valence-corrected chi connectivity index (χ1v) is 13.0. The summed E-state index contributed by atoms with van der Waals surface area (Å²) in [6.07, 6.45) is -2.61. The molecule has 0 bridgehead atoms. The van der Waals surface area contributed by atoms with Crippen molar-refractivity contribution < 1.29 is 32.2 Å². The number of amides is 1. The molecular formula is C29H25F4N7O4. The molecule has 0 aliphatic rings. The fourth-order valence-corrected chi connectivity index (χ4v) is 4.48. The number of benzene rings is 2. The average molecular weight is 612 g/mol. The summed E-state index contributed by atoms with van der Waals surface area (Å²) < 4.78 is 61.2. The van der Waals surface area contributed by atoms with Gasteiger partial charge in [-0.05, 0) is 47.4 Å². The third-order valence-corrected chi connectivity index (χ3v) is 6.69. The first-order valence-electron chi connectivity index (χ1n) is 13.0. The van der Waals surface area contributed by atoms with Crippen molar-refractivity contribution in [3.63, 3.8) is 0 Å². The van der Waals surface area contributed by atoms with Crippen molar-refractivity contribution in [1.29, 1.82) is 0 Å².